The summed E-state index contributed by atoms with van der Waals surface area (Å²) < 4.78 is 25.1. The van der Waals surface area contributed by atoms with Gasteiger partial charge in [-0.05, 0) is 85.3 Å². The van der Waals surface area contributed by atoms with Crippen LogP contribution in [0.1, 0.15) is 63.6 Å². The number of halogens is 1. The van der Waals surface area contributed by atoms with Gasteiger partial charge in [0.2, 0.25) is 5.91 Å². The van der Waals surface area contributed by atoms with E-state index in [1.165, 1.54) is 12.1 Å². The third-order valence-corrected chi connectivity index (χ3v) is 7.48. The molecule has 1 fully saturated rings. The van der Waals surface area contributed by atoms with Gasteiger partial charge in [0.25, 0.3) is 11.8 Å². The van der Waals surface area contributed by atoms with Crippen LogP contribution in [0.25, 0.3) is 11.1 Å². The first-order chi connectivity index (χ1) is 18.8. The van der Waals surface area contributed by atoms with Crippen molar-refractivity contribution < 1.29 is 23.2 Å². The Labute approximate surface area is 224 Å². The number of benzene rings is 3. The molecule has 1 aromatic heterocycles. The Hall–Kier alpha value is -4.53. The van der Waals surface area contributed by atoms with E-state index in [0.29, 0.717) is 28.6 Å². The summed E-state index contributed by atoms with van der Waals surface area (Å²) in [5, 5.41) is 9.67. The Morgan fingerprint density at radius 3 is 2.46 bits per heavy atom. The van der Waals surface area contributed by atoms with Crippen LogP contribution in [0, 0.1) is 19.7 Å². The Balaban J connectivity index is 1.32. The summed E-state index contributed by atoms with van der Waals surface area (Å²) in [5.41, 5.74) is 4.02. The Bertz CT molecular complexity index is 1590. The molecule has 2 aliphatic rings. The van der Waals surface area contributed by atoms with Gasteiger partial charge in [-0.25, -0.2) is 4.39 Å². The predicted octanol–water partition coefficient (Wildman–Crippen LogP) is 4.87. The zero-order valence-electron chi connectivity index (χ0n) is 21.7. The monoisotopic (exact) mass is 526 g/mol. The van der Waals surface area contributed by atoms with Crippen LogP contribution in [0.4, 0.5) is 4.39 Å². The number of rotatable bonds is 6. The van der Waals surface area contributed by atoms with Gasteiger partial charge in [-0.1, -0.05) is 29.4 Å². The van der Waals surface area contributed by atoms with Crippen LogP contribution in [-0.4, -0.2) is 29.0 Å². The summed E-state index contributed by atoms with van der Waals surface area (Å²) in [6.45, 7) is 3.72. The molecule has 8 nitrogen and oxygen atoms in total. The van der Waals surface area contributed by atoms with Gasteiger partial charge >= 0.3 is 0 Å². The van der Waals surface area contributed by atoms with E-state index in [1.54, 1.807) is 32.2 Å². The minimum atomic E-state index is -0.621. The molecule has 2 atom stereocenters. The Morgan fingerprint density at radius 2 is 1.79 bits per heavy atom. The molecule has 4 aromatic rings. The first-order valence-electron chi connectivity index (χ1n) is 12.8. The van der Waals surface area contributed by atoms with Crippen LogP contribution in [0.5, 0.6) is 5.75 Å². The Morgan fingerprint density at radius 1 is 1.03 bits per heavy atom. The number of ether oxygens (including phenoxy) is 1. The maximum absolute atomic E-state index is 13.5. The molecule has 1 saturated carbocycles. The highest BCUT2D eigenvalue weighted by molar-refractivity contribution is 5.96. The highest BCUT2D eigenvalue weighted by atomic mass is 19.1. The molecule has 2 heterocycles. The van der Waals surface area contributed by atoms with Crippen LogP contribution >= 0.6 is 0 Å². The molecule has 0 spiro atoms. The number of hydrogen-bond donors (Lipinski definition) is 2. The number of aryl methyl sites for hydroxylation is 2. The van der Waals surface area contributed by atoms with Crippen molar-refractivity contribution in [2.45, 2.75) is 44.2 Å². The van der Waals surface area contributed by atoms with Gasteiger partial charge in [-0.3, -0.25) is 9.59 Å². The summed E-state index contributed by atoms with van der Waals surface area (Å²) in [5.74, 6) is 0.154. The van der Waals surface area contributed by atoms with Crippen LogP contribution in [0.2, 0.25) is 0 Å². The fourth-order valence-electron chi connectivity index (χ4n) is 5.15. The Kier molecular flexibility index (Phi) is 5.94. The van der Waals surface area contributed by atoms with Crippen molar-refractivity contribution in [3.05, 3.63) is 100 Å². The molecule has 0 radical (unpaired) electrons. The molecule has 1 aliphatic heterocycles. The van der Waals surface area contributed by atoms with Gasteiger partial charge < -0.3 is 19.9 Å². The minimum absolute atomic E-state index is 0.198. The van der Waals surface area contributed by atoms with Gasteiger partial charge in [0.15, 0.2) is 5.82 Å². The molecule has 198 valence electrons. The average Bonchev–Trinajstić information content (AvgIpc) is 3.40. The lowest BCUT2D eigenvalue weighted by molar-refractivity contribution is -0.123. The molecule has 2 unspecified atom stereocenters. The number of carbonyl (C=O) groups excluding carboxylic acids is 2. The SMILES string of the molecule is CNC(=O)C1c2cc(-c3cc(C(=O)NC4(c5nc(C)no5)CC4)ccc3C)ccc2OC1c1ccc(F)cc1. The fraction of sp³-hybridized carbons (Fsp3) is 0.267. The molecule has 9 heteroatoms. The van der Waals surface area contributed by atoms with Gasteiger partial charge in [0.05, 0.1) is 0 Å². The van der Waals surface area contributed by atoms with E-state index in [9.17, 15) is 14.0 Å². The second-order valence-corrected chi connectivity index (χ2v) is 10.1. The van der Waals surface area contributed by atoms with E-state index < -0.39 is 17.6 Å². The summed E-state index contributed by atoms with van der Waals surface area (Å²) in [7, 11) is 1.58. The quantitative estimate of drug-likeness (QED) is 0.371. The largest absolute Gasteiger partial charge is 0.484 e. The lowest BCUT2D eigenvalue weighted by Crippen LogP contribution is -2.35. The molecule has 2 amide bonds. The zero-order chi connectivity index (χ0) is 27.3. The first kappa shape index (κ1) is 24.8. The summed E-state index contributed by atoms with van der Waals surface area (Å²) in [6.07, 6.45) is 0.886. The minimum Gasteiger partial charge on any atom is -0.484 e. The van der Waals surface area contributed by atoms with E-state index in [2.05, 4.69) is 20.8 Å². The highest BCUT2D eigenvalue weighted by Gasteiger charge is 2.51. The van der Waals surface area contributed by atoms with Crippen molar-refractivity contribution in [3.63, 3.8) is 0 Å². The third kappa shape index (κ3) is 4.43. The molecule has 2 N–H and O–H groups in total. The smallest absolute Gasteiger partial charge is 0.252 e. The number of fused-ring (bicyclic) bond motifs is 1. The second-order valence-electron chi connectivity index (χ2n) is 10.1. The van der Waals surface area contributed by atoms with Crippen molar-refractivity contribution in [2.75, 3.05) is 7.05 Å². The molecular weight excluding hydrogens is 499 g/mol. The van der Waals surface area contributed by atoms with Crippen molar-refractivity contribution in [1.29, 1.82) is 0 Å². The standard InChI is InChI=1S/C30H27FN4O4/c1-16-4-5-20(27(36)34-30(12-13-30)29-33-17(2)35-39-29)15-22(16)19-8-11-24-23(14-19)25(28(37)32-3)26(38-24)18-6-9-21(31)10-7-18/h4-11,14-15,25-26H,12-13H2,1-3H3,(H,32,37)(H,34,36). The predicted molar refractivity (Wildman–Crippen MR) is 141 cm³/mol. The molecule has 39 heavy (non-hydrogen) atoms. The van der Waals surface area contributed by atoms with Crippen LogP contribution in [-0.2, 0) is 10.3 Å². The number of nitrogens with one attached hydrogen (secondary N) is 2. The van der Waals surface area contributed by atoms with Crippen LogP contribution < -0.4 is 15.4 Å². The van der Waals surface area contributed by atoms with E-state index in [0.717, 1.165) is 35.1 Å². The average molecular weight is 527 g/mol. The van der Waals surface area contributed by atoms with E-state index in [1.807, 2.05) is 37.3 Å². The molecular formula is C30H27FN4O4. The summed E-state index contributed by atoms with van der Waals surface area (Å²) in [6, 6.07) is 17.2. The number of carbonyl (C=O) groups is 2. The number of likely N-dealkylation sites (N-methyl/N-ethyl adjacent to an activating group) is 1. The molecule has 0 bridgehead atoms. The second kappa shape index (κ2) is 9.34. The fourth-order valence-corrected chi connectivity index (χ4v) is 5.15. The number of nitrogens with zero attached hydrogens (tertiary/aromatic N) is 2. The lowest BCUT2D eigenvalue weighted by atomic mass is 9.88. The topological polar surface area (TPSA) is 106 Å². The summed E-state index contributed by atoms with van der Waals surface area (Å²) >= 11 is 0. The number of amides is 2. The van der Waals surface area contributed by atoms with E-state index in [4.69, 9.17) is 9.26 Å². The molecule has 3 aromatic carbocycles. The van der Waals surface area contributed by atoms with Crippen LogP contribution in [0.15, 0.2) is 65.2 Å². The number of aromatic nitrogens is 2. The zero-order valence-corrected chi connectivity index (χ0v) is 21.7. The normalized spacial score (nSPS) is 18.7. The van der Waals surface area contributed by atoms with E-state index in [-0.39, 0.29) is 17.6 Å². The molecule has 6 rings (SSSR count). The lowest BCUT2D eigenvalue weighted by Gasteiger charge is -2.18. The third-order valence-electron chi connectivity index (χ3n) is 7.48. The van der Waals surface area contributed by atoms with Gasteiger partial charge in [-0.2, -0.15) is 4.98 Å². The van der Waals surface area contributed by atoms with Gasteiger partial charge in [0.1, 0.15) is 29.1 Å². The maximum Gasteiger partial charge on any atom is 0.252 e. The van der Waals surface area contributed by atoms with Gasteiger partial charge in [-0.15, -0.1) is 0 Å². The van der Waals surface area contributed by atoms with Crippen molar-refractivity contribution in [2.24, 2.45) is 0 Å². The summed E-state index contributed by atoms with van der Waals surface area (Å²) in [4.78, 5) is 30.6. The van der Waals surface area contributed by atoms with Crippen molar-refractivity contribution >= 4 is 11.8 Å². The highest BCUT2D eigenvalue weighted by Crippen LogP contribution is 2.48. The maximum atomic E-state index is 13.5. The number of hydrogen-bond acceptors (Lipinski definition) is 6. The van der Waals surface area contributed by atoms with Gasteiger partial charge in [0, 0.05) is 18.2 Å². The molecule has 1 aliphatic carbocycles. The molecule has 0 saturated heterocycles. The van der Waals surface area contributed by atoms with E-state index >= 15 is 0 Å². The van der Waals surface area contributed by atoms with Crippen molar-refractivity contribution in [1.82, 2.24) is 20.8 Å². The van der Waals surface area contributed by atoms with Crippen molar-refractivity contribution in [3.8, 4) is 16.9 Å². The first-order valence-corrected chi connectivity index (χ1v) is 12.8. The van der Waals surface area contributed by atoms with Crippen LogP contribution in [0.3, 0.4) is 0 Å².